The minimum absolute atomic E-state index is 0.00367. The van der Waals surface area contributed by atoms with Gasteiger partial charge in [-0.25, -0.2) is 4.79 Å². The number of Topliss-reactive ketones (excluding diaryl/α,β-unsaturated/α-hetero) is 1. The van der Waals surface area contributed by atoms with Crippen LogP contribution in [0.1, 0.15) is 259 Å². The lowest BCUT2D eigenvalue weighted by Gasteiger charge is -2.22. The van der Waals surface area contributed by atoms with E-state index in [1.165, 1.54) is 141 Å². The summed E-state index contributed by atoms with van der Waals surface area (Å²) in [6.45, 7) is 14.3. The molecule has 0 aliphatic rings. The number of esters is 1. The minimum Gasteiger partial charge on any atom is -0.462 e. The molecule has 0 saturated heterocycles. The van der Waals surface area contributed by atoms with Crippen molar-refractivity contribution in [3.63, 3.8) is 0 Å². The molecular formula is C51H97N3O5. The van der Waals surface area contributed by atoms with Crippen LogP contribution < -0.4 is 11.2 Å². The summed E-state index contributed by atoms with van der Waals surface area (Å²) >= 11 is 0. The van der Waals surface area contributed by atoms with Gasteiger partial charge in [-0.1, -0.05) is 182 Å². The summed E-state index contributed by atoms with van der Waals surface area (Å²) in [4.78, 5) is 52.2. The first-order chi connectivity index (χ1) is 28.8. The largest absolute Gasteiger partial charge is 0.462 e. The van der Waals surface area contributed by atoms with Crippen molar-refractivity contribution < 1.29 is 14.3 Å². The van der Waals surface area contributed by atoms with Gasteiger partial charge in [0.05, 0.1) is 0 Å². The summed E-state index contributed by atoms with van der Waals surface area (Å²) in [5, 5.41) is 0. The molecule has 0 radical (unpaired) electrons. The number of hydrogen-bond donors (Lipinski definition) is 1. The molecule has 0 aliphatic heterocycles. The number of hydrogen-bond acceptors (Lipinski definition) is 6. The Kier molecular flexibility index (Phi) is 42.2. The van der Waals surface area contributed by atoms with Crippen molar-refractivity contribution in [2.75, 3.05) is 19.6 Å². The smallest absolute Gasteiger partial charge is 0.328 e. The highest BCUT2D eigenvalue weighted by Gasteiger charge is 2.14. The SMILES string of the molecule is CCCCCCCCC(CCCCCCCC)OC(=O)CCCCCCCN(CCCCCCCC(C)=O)CCCn1ccc(=O)[nH]c1=O.CCCCCCCCCC. The second-order valence-corrected chi connectivity index (χ2v) is 17.6. The third kappa shape index (κ3) is 39.7. The van der Waals surface area contributed by atoms with Crippen molar-refractivity contribution in [2.24, 2.45) is 0 Å². The van der Waals surface area contributed by atoms with Crippen LogP contribution in [0, 0.1) is 0 Å². The molecular weight excluding hydrogens is 735 g/mol. The fraction of sp³-hybridized carbons (Fsp3) is 0.882. The van der Waals surface area contributed by atoms with Crippen molar-refractivity contribution in [3.05, 3.63) is 33.1 Å². The molecule has 0 bridgehead atoms. The molecule has 0 amide bonds. The number of ether oxygens (including phenoxy) is 1. The monoisotopic (exact) mass is 832 g/mol. The van der Waals surface area contributed by atoms with Crippen molar-refractivity contribution >= 4 is 11.8 Å². The number of nitrogens with zero attached hydrogens (tertiary/aromatic N) is 2. The topological polar surface area (TPSA) is 101 Å². The number of aromatic nitrogens is 2. The number of H-pyrrole nitrogens is 1. The van der Waals surface area contributed by atoms with Gasteiger partial charge in [-0.3, -0.25) is 14.6 Å². The summed E-state index contributed by atoms with van der Waals surface area (Å²) in [6.07, 6.45) is 43.4. The van der Waals surface area contributed by atoms with E-state index in [0.29, 0.717) is 19.4 Å². The highest BCUT2D eigenvalue weighted by molar-refractivity contribution is 5.75. The van der Waals surface area contributed by atoms with Gasteiger partial charge in [0.2, 0.25) is 0 Å². The van der Waals surface area contributed by atoms with Crippen LogP contribution in [0.4, 0.5) is 0 Å². The maximum Gasteiger partial charge on any atom is 0.328 e. The standard InChI is InChI=1S/C41H75N3O5.C10H22/c1-4-6-8-10-15-21-28-38(29-22-16-11-9-7-5-2)49-40(47)30-23-17-13-19-25-33-43(32-24-18-12-14-20-27-37(3)45)34-26-35-44-36-31-39(46)42-41(44)48;1-3-5-7-9-10-8-6-4-2/h31,36,38H,4-30,32-35H2,1-3H3,(H,42,46,48);3-10H2,1-2H3. The van der Waals surface area contributed by atoms with Crippen LogP contribution in [-0.2, 0) is 20.9 Å². The second kappa shape index (κ2) is 43.9. The average molecular weight is 832 g/mol. The number of unbranched alkanes of at least 4 members (excludes halogenated alkanes) is 25. The Hall–Kier alpha value is -2.22. The molecule has 0 spiro atoms. The van der Waals surface area contributed by atoms with E-state index < -0.39 is 0 Å². The molecule has 8 heteroatoms. The number of aromatic amines is 1. The van der Waals surface area contributed by atoms with Gasteiger partial charge in [-0.2, -0.15) is 0 Å². The lowest BCUT2D eigenvalue weighted by atomic mass is 10.0. The van der Waals surface area contributed by atoms with Crippen molar-refractivity contribution in [3.8, 4) is 0 Å². The predicted octanol–water partition coefficient (Wildman–Crippen LogP) is 14.1. The fourth-order valence-electron chi connectivity index (χ4n) is 7.81. The van der Waals surface area contributed by atoms with E-state index >= 15 is 0 Å². The molecule has 1 aromatic heterocycles. The van der Waals surface area contributed by atoms with Crippen LogP contribution in [0.5, 0.6) is 0 Å². The average Bonchev–Trinajstić information content (AvgIpc) is 3.21. The normalized spacial score (nSPS) is 11.3. The van der Waals surface area contributed by atoms with E-state index in [9.17, 15) is 19.2 Å². The van der Waals surface area contributed by atoms with Crippen LogP contribution in [0.15, 0.2) is 21.9 Å². The van der Waals surface area contributed by atoms with Crippen LogP contribution in [0.25, 0.3) is 0 Å². The third-order valence-electron chi connectivity index (χ3n) is 11.6. The Morgan fingerprint density at radius 3 is 1.37 bits per heavy atom. The molecule has 59 heavy (non-hydrogen) atoms. The summed E-state index contributed by atoms with van der Waals surface area (Å²) in [6, 6.07) is 1.40. The maximum absolute atomic E-state index is 12.8. The Morgan fingerprint density at radius 2 is 0.932 bits per heavy atom. The van der Waals surface area contributed by atoms with E-state index in [1.54, 1.807) is 17.7 Å². The molecule has 8 nitrogen and oxygen atoms in total. The first-order valence-electron chi connectivity index (χ1n) is 25.5. The summed E-state index contributed by atoms with van der Waals surface area (Å²) in [5.74, 6) is 0.273. The van der Waals surface area contributed by atoms with Crippen molar-refractivity contribution in [1.82, 2.24) is 14.5 Å². The van der Waals surface area contributed by atoms with Gasteiger partial charge < -0.3 is 19.0 Å². The number of ketones is 1. The predicted molar refractivity (Wildman–Crippen MR) is 253 cm³/mol. The van der Waals surface area contributed by atoms with E-state index in [0.717, 1.165) is 96.7 Å². The van der Waals surface area contributed by atoms with Gasteiger partial charge in [0.1, 0.15) is 11.9 Å². The first-order valence-corrected chi connectivity index (χ1v) is 25.5. The molecule has 1 heterocycles. The molecule has 0 atom stereocenters. The van der Waals surface area contributed by atoms with E-state index in [2.05, 4.69) is 37.6 Å². The Balaban J connectivity index is 0.00000295. The zero-order valence-electron chi connectivity index (χ0n) is 39.7. The molecule has 1 N–H and O–H groups in total. The first kappa shape index (κ1) is 56.8. The molecule has 0 unspecified atom stereocenters. The number of rotatable bonds is 42. The zero-order valence-corrected chi connectivity index (χ0v) is 39.7. The summed E-state index contributed by atoms with van der Waals surface area (Å²) < 4.78 is 7.60. The van der Waals surface area contributed by atoms with E-state index in [-0.39, 0.29) is 29.1 Å². The highest BCUT2D eigenvalue weighted by Crippen LogP contribution is 2.18. The second-order valence-electron chi connectivity index (χ2n) is 17.6. The maximum atomic E-state index is 12.8. The van der Waals surface area contributed by atoms with Crippen LogP contribution in [0.2, 0.25) is 0 Å². The van der Waals surface area contributed by atoms with Crippen LogP contribution in [-0.4, -0.2) is 51.9 Å². The fourth-order valence-corrected chi connectivity index (χ4v) is 7.81. The summed E-state index contributed by atoms with van der Waals surface area (Å²) in [5.41, 5.74) is -0.709. The van der Waals surface area contributed by atoms with Crippen LogP contribution in [0.3, 0.4) is 0 Å². The number of carbonyl (C=O) groups excluding carboxylic acids is 2. The molecule has 346 valence electrons. The minimum atomic E-state index is -0.362. The zero-order chi connectivity index (χ0) is 43.4. The molecule has 0 saturated carbocycles. The quantitative estimate of drug-likeness (QED) is 0.0520. The molecule has 0 aromatic carbocycles. The molecule has 0 fully saturated rings. The number of aryl methyl sites for hydroxylation is 1. The van der Waals surface area contributed by atoms with Gasteiger partial charge in [-0.05, 0) is 84.3 Å². The van der Waals surface area contributed by atoms with E-state index in [1.807, 2.05) is 0 Å². The van der Waals surface area contributed by atoms with Gasteiger partial charge in [0.25, 0.3) is 5.56 Å². The number of nitrogens with one attached hydrogen (secondary N) is 1. The Labute approximate surface area is 364 Å². The summed E-state index contributed by atoms with van der Waals surface area (Å²) in [7, 11) is 0. The van der Waals surface area contributed by atoms with Crippen molar-refractivity contribution in [2.45, 2.75) is 272 Å². The molecule has 1 rings (SSSR count). The van der Waals surface area contributed by atoms with Gasteiger partial charge >= 0.3 is 11.7 Å². The third-order valence-corrected chi connectivity index (χ3v) is 11.6. The number of carbonyl (C=O) groups is 2. The Morgan fingerprint density at radius 1 is 0.542 bits per heavy atom. The van der Waals surface area contributed by atoms with Gasteiger partial charge in [0.15, 0.2) is 0 Å². The highest BCUT2D eigenvalue weighted by atomic mass is 16.5. The van der Waals surface area contributed by atoms with Crippen molar-refractivity contribution in [1.29, 1.82) is 0 Å². The molecule has 0 aliphatic carbocycles. The van der Waals surface area contributed by atoms with E-state index in [4.69, 9.17) is 4.74 Å². The van der Waals surface area contributed by atoms with Gasteiger partial charge in [-0.15, -0.1) is 0 Å². The lowest BCUT2D eigenvalue weighted by Crippen LogP contribution is -2.31. The molecule has 1 aromatic rings. The lowest BCUT2D eigenvalue weighted by molar-refractivity contribution is -0.150. The Bertz CT molecular complexity index is 1160. The van der Waals surface area contributed by atoms with Crippen LogP contribution >= 0.6 is 0 Å². The van der Waals surface area contributed by atoms with Gasteiger partial charge in [0, 0.05) is 31.6 Å².